The van der Waals surface area contributed by atoms with Crippen molar-refractivity contribution in [3.05, 3.63) is 27.9 Å². The van der Waals surface area contributed by atoms with Crippen LogP contribution in [0.25, 0.3) is 10.6 Å². The summed E-state index contributed by atoms with van der Waals surface area (Å²) in [5.41, 5.74) is 1.10. The molecule has 0 radical (unpaired) electrons. The Labute approximate surface area is 114 Å². The molecule has 0 aromatic carbocycles. The Balaban J connectivity index is 2.20. The number of H-pyrrole nitrogens is 1. The molecule has 92 valence electrons. The van der Waals surface area contributed by atoms with Gasteiger partial charge in [0.2, 0.25) is 0 Å². The maximum Gasteiger partial charge on any atom is 0.110 e. The number of aromatic amines is 1. The van der Waals surface area contributed by atoms with Crippen LogP contribution in [-0.4, -0.2) is 23.6 Å². The molecule has 0 fully saturated rings. The first-order valence-electron chi connectivity index (χ1n) is 5.68. The average molecular weight is 314 g/mol. The van der Waals surface area contributed by atoms with Crippen LogP contribution in [0.4, 0.5) is 0 Å². The van der Waals surface area contributed by atoms with E-state index in [1.165, 1.54) is 4.88 Å². The molecule has 0 saturated heterocycles. The minimum absolute atomic E-state index is 0.456. The molecular formula is C12H16BrN3S. The third kappa shape index (κ3) is 2.97. The van der Waals surface area contributed by atoms with Crippen molar-refractivity contribution in [3.63, 3.8) is 0 Å². The van der Waals surface area contributed by atoms with Crippen LogP contribution in [0.1, 0.15) is 25.1 Å². The van der Waals surface area contributed by atoms with Crippen LogP contribution in [0.3, 0.4) is 0 Å². The first-order chi connectivity index (χ1) is 8.24. The number of hydrogen-bond acceptors (Lipinski definition) is 3. The fourth-order valence-electron chi connectivity index (χ4n) is 1.80. The molecule has 1 atom stereocenters. The molecule has 0 aliphatic carbocycles. The summed E-state index contributed by atoms with van der Waals surface area (Å²) in [5, 5.41) is 5.29. The highest BCUT2D eigenvalue weighted by atomic mass is 79.9. The van der Waals surface area contributed by atoms with E-state index in [4.69, 9.17) is 0 Å². The second-order valence-corrected chi connectivity index (χ2v) is 5.80. The van der Waals surface area contributed by atoms with Crippen molar-refractivity contribution in [1.82, 2.24) is 15.3 Å². The number of nitrogens with one attached hydrogen (secondary N) is 2. The zero-order chi connectivity index (χ0) is 12.3. The van der Waals surface area contributed by atoms with Gasteiger partial charge in [-0.1, -0.05) is 6.92 Å². The standard InChI is InChI=1S/C12H16BrN3S/c1-3-8(5-14-2)12-15-6-10(16-12)11-4-9(13)7-17-11/h4,6-8,14H,3,5H2,1-2H3,(H,15,16). The molecule has 0 amide bonds. The second kappa shape index (κ2) is 5.80. The van der Waals surface area contributed by atoms with Gasteiger partial charge in [-0.3, -0.25) is 0 Å². The fraction of sp³-hybridized carbons (Fsp3) is 0.417. The molecule has 2 aromatic rings. The lowest BCUT2D eigenvalue weighted by molar-refractivity contribution is 0.586. The monoisotopic (exact) mass is 313 g/mol. The molecular weight excluding hydrogens is 298 g/mol. The summed E-state index contributed by atoms with van der Waals surface area (Å²) < 4.78 is 1.12. The van der Waals surface area contributed by atoms with Crippen molar-refractivity contribution in [2.24, 2.45) is 0 Å². The molecule has 2 heterocycles. The number of imidazole rings is 1. The van der Waals surface area contributed by atoms with Gasteiger partial charge in [0, 0.05) is 22.3 Å². The number of halogens is 1. The number of aromatic nitrogens is 2. The van der Waals surface area contributed by atoms with Gasteiger partial charge in [0.25, 0.3) is 0 Å². The smallest absolute Gasteiger partial charge is 0.110 e. The Morgan fingerprint density at radius 1 is 1.59 bits per heavy atom. The van der Waals surface area contributed by atoms with Crippen molar-refractivity contribution in [3.8, 4) is 10.6 Å². The summed E-state index contributed by atoms with van der Waals surface area (Å²) >= 11 is 5.18. The van der Waals surface area contributed by atoms with E-state index in [0.717, 1.165) is 29.0 Å². The van der Waals surface area contributed by atoms with Crippen LogP contribution in [0.15, 0.2) is 22.1 Å². The number of nitrogens with zero attached hydrogens (tertiary/aromatic N) is 1. The van der Waals surface area contributed by atoms with Gasteiger partial charge in [0.05, 0.1) is 16.8 Å². The zero-order valence-corrected chi connectivity index (χ0v) is 12.4. The van der Waals surface area contributed by atoms with Gasteiger partial charge in [-0.25, -0.2) is 4.98 Å². The van der Waals surface area contributed by atoms with Crippen LogP contribution < -0.4 is 5.32 Å². The van der Waals surface area contributed by atoms with Gasteiger partial charge in [0.15, 0.2) is 0 Å². The molecule has 0 aliphatic rings. The third-order valence-corrected chi connectivity index (χ3v) is 4.48. The molecule has 0 aliphatic heterocycles. The van der Waals surface area contributed by atoms with Gasteiger partial charge >= 0.3 is 0 Å². The van der Waals surface area contributed by atoms with E-state index in [1.54, 1.807) is 11.3 Å². The minimum Gasteiger partial charge on any atom is -0.341 e. The van der Waals surface area contributed by atoms with Crippen LogP contribution in [0.2, 0.25) is 0 Å². The molecule has 2 rings (SSSR count). The molecule has 5 heteroatoms. The quantitative estimate of drug-likeness (QED) is 0.885. The Kier molecular flexibility index (Phi) is 4.36. The molecule has 0 saturated carbocycles. The van der Waals surface area contributed by atoms with Crippen molar-refractivity contribution in [2.75, 3.05) is 13.6 Å². The average Bonchev–Trinajstić information content (AvgIpc) is 2.94. The highest BCUT2D eigenvalue weighted by Crippen LogP contribution is 2.29. The van der Waals surface area contributed by atoms with E-state index in [9.17, 15) is 0 Å². The van der Waals surface area contributed by atoms with Crippen LogP contribution in [0, 0.1) is 0 Å². The number of thiophene rings is 1. The SMILES string of the molecule is CCC(CNC)c1ncc(-c2cc(Br)cs2)[nH]1. The lowest BCUT2D eigenvalue weighted by Crippen LogP contribution is -2.17. The Morgan fingerprint density at radius 2 is 2.41 bits per heavy atom. The predicted octanol–water partition coefficient (Wildman–Crippen LogP) is 3.61. The Morgan fingerprint density at radius 3 is 3.00 bits per heavy atom. The van der Waals surface area contributed by atoms with E-state index >= 15 is 0 Å². The van der Waals surface area contributed by atoms with E-state index in [-0.39, 0.29) is 0 Å². The fourth-order valence-corrected chi connectivity index (χ4v) is 3.20. The summed E-state index contributed by atoms with van der Waals surface area (Å²) in [4.78, 5) is 9.12. The van der Waals surface area contributed by atoms with E-state index in [0.29, 0.717) is 5.92 Å². The summed E-state index contributed by atoms with van der Waals surface area (Å²) in [6.07, 6.45) is 3.01. The van der Waals surface area contributed by atoms with Gasteiger partial charge in [0.1, 0.15) is 5.82 Å². The Bertz CT molecular complexity index is 478. The molecule has 17 heavy (non-hydrogen) atoms. The molecule has 3 nitrogen and oxygen atoms in total. The van der Waals surface area contributed by atoms with Crippen LogP contribution in [-0.2, 0) is 0 Å². The van der Waals surface area contributed by atoms with Gasteiger partial charge in [-0.05, 0) is 35.5 Å². The first-order valence-corrected chi connectivity index (χ1v) is 7.35. The Hall–Kier alpha value is -0.650. The first kappa shape index (κ1) is 12.8. The van der Waals surface area contributed by atoms with Crippen LogP contribution in [0.5, 0.6) is 0 Å². The molecule has 1 unspecified atom stereocenters. The summed E-state index contributed by atoms with van der Waals surface area (Å²) in [6, 6.07) is 2.11. The van der Waals surface area contributed by atoms with Gasteiger partial charge in [-0.15, -0.1) is 11.3 Å². The van der Waals surface area contributed by atoms with Crippen molar-refractivity contribution in [1.29, 1.82) is 0 Å². The largest absolute Gasteiger partial charge is 0.341 e. The predicted molar refractivity (Wildman–Crippen MR) is 76.6 cm³/mol. The lowest BCUT2D eigenvalue weighted by atomic mass is 10.1. The topological polar surface area (TPSA) is 40.7 Å². The highest BCUT2D eigenvalue weighted by molar-refractivity contribution is 9.10. The van der Waals surface area contributed by atoms with Crippen molar-refractivity contribution in [2.45, 2.75) is 19.3 Å². The van der Waals surface area contributed by atoms with Gasteiger partial charge in [-0.2, -0.15) is 0 Å². The van der Waals surface area contributed by atoms with E-state index in [1.807, 2.05) is 13.2 Å². The molecule has 0 bridgehead atoms. The van der Waals surface area contributed by atoms with Crippen LogP contribution >= 0.6 is 27.3 Å². The second-order valence-electron chi connectivity index (χ2n) is 3.97. The molecule has 2 aromatic heterocycles. The minimum atomic E-state index is 0.456. The van der Waals surface area contributed by atoms with E-state index in [2.05, 4.69) is 49.6 Å². The lowest BCUT2D eigenvalue weighted by Gasteiger charge is -2.10. The van der Waals surface area contributed by atoms with E-state index < -0.39 is 0 Å². The zero-order valence-electron chi connectivity index (χ0n) is 9.96. The number of rotatable bonds is 5. The highest BCUT2D eigenvalue weighted by Gasteiger charge is 2.13. The van der Waals surface area contributed by atoms with Gasteiger partial charge < -0.3 is 10.3 Å². The third-order valence-electron chi connectivity index (χ3n) is 2.76. The van der Waals surface area contributed by atoms with Crippen molar-refractivity contribution >= 4 is 27.3 Å². The normalized spacial score (nSPS) is 12.9. The van der Waals surface area contributed by atoms with Crippen molar-refractivity contribution < 1.29 is 0 Å². The molecule has 2 N–H and O–H groups in total. The summed E-state index contributed by atoms with van der Waals surface area (Å²) in [6.45, 7) is 3.14. The number of hydrogen-bond donors (Lipinski definition) is 2. The number of likely N-dealkylation sites (N-methyl/N-ethyl adjacent to an activating group) is 1. The summed E-state index contributed by atoms with van der Waals surface area (Å²) in [5.74, 6) is 1.53. The maximum atomic E-state index is 4.49. The maximum absolute atomic E-state index is 4.49. The molecule has 0 spiro atoms. The summed E-state index contributed by atoms with van der Waals surface area (Å²) in [7, 11) is 1.98.